The molecule has 2 unspecified atom stereocenters. The summed E-state index contributed by atoms with van der Waals surface area (Å²) in [5.41, 5.74) is 7.04. The fourth-order valence-electron chi connectivity index (χ4n) is 2.54. The maximum atomic E-state index is 5.81. The third-order valence-electron chi connectivity index (χ3n) is 3.87. The van der Waals surface area contributed by atoms with Crippen molar-refractivity contribution in [3.05, 3.63) is 16.1 Å². The molecule has 1 aliphatic rings. The zero-order valence-corrected chi connectivity index (χ0v) is 12.5. The van der Waals surface area contributed by atoms with Crippen LogP contribution >= 0.6 is 11.3 Å². The maximum absolute atomic E-state index is 5.81. The highest BCUT2D eigenvalue weighted by molar-refractivity contribution is 7.09. The summed E-state index contributed by atoms with van der Waals surface area (Å²) in [7, 11) is 0. The van der Waals surface area contributed by atoms with E-state index < -0.39 is 0 Å². The molecule has 0 bridgehead atoms. The van der Waals surface area contributed by atoms with Crippen molar-refractivity contribution in [3.63, 3.8) is 0 Å². The highest BCUT2D eigenvalue weighted by atomic mass is 32.1. The molecule has 18 heavy (non-hydrogen) atoms. The van der Waals surface area contributed by atoms with Crippen molar-refractivity contribution in [2.24, 2.45) is 11.7 Å². The Morgan fingerprint density at radius 3 is 2.89 bits per heavy atom. The van der Waals surface area contributed by atoms with Crippen molar-refractivity contribution in [2.75, 3.05) is 13.1 Å². The molecule has 1 aromatic heterocycles. The number of nitrogens with zero attached hydrogens (tertiary/aromatic N) is 2. The molecule has 2 atom stereocenters. The van der Waals surface area contributed by atoms with Gasteiger partial charge in [0, 0.05) is 30.4 Å². The fourth-order valence-corrected chi connectivity index (χ4v) is 3.37. The minimum absolute atomic E-state index is 0.541. The summed E-state index contributed by atoms with van der Waals surface area (Å²) in [5.74, 6) is 1.21. The monoisotopic (exact) mass is 267 g/mol. The number of hydrogen-bond acceptors (Lipinski definition) is 4. The normalized spacial score (nSPS) is 25.8. The number of nitrogens with two attached hydrogens (primary N) is 1. The Morgan fingerprint density at radius 1 is 1.50 bits per heavy atom. The predicted octanol–water partition coefficient (Wildman–Crippen LogP) is 2.83. The van der Waals surface area contributed by atoms with Crippen molar-refractivity contribution in [1.82, 2.24) is 9.88 Å². The molecule has 2 rings (SSSR count). The van der Waals surface area contributed by atoms with Gasteiger partial charge in [0.2, 0.25) is 0 Å². The minimum Gasteiger partial charge on any atom is -0.330 e. The summed E-state index contributed by atoms with van der Waals surface area (Å²) >= 11 is 1.79. The van der Waals surface area contributed by atoms with E-state index in [0.29, 0.717) is 17.9 Å². The summed E-state index contributed by atoms with van der Waals surface area (Å²) < 4.78 is 0. The van der Waals surface area contributed by atoms with Gasteiger partial charge in [-0.05, 0) is 32.2 Å². The molecule has 102 valence electrons. The number of likely N-dealkylation sites (tertiary alicyclic amines) is 1. The second-order valence-corrected chi connectivity index (χ2v) is 6.68. The zero-order chi connectivity index (χ0) is 13.1. The van der Waals surface area contributed by atoms with Gasteiger partial charge in [-0.15, -0.1) is 11.3 Å². The number of hydrogen-bond donors (Lipinski definition) is 1. The number of piperidine rings is 1. The molecule has 3 nitrogen and oxygen atoms in total. The van der Waals surface area contributed by atoms with Crippen molar-refractivity contribution < 1.29 is 0 Å². The Balaban J connectivity index is 1.98. The molecule has 1 aromatic rings. The first-order valence-electron chi connectivity index (χ1n) is 6.98. The standard InChI is InChI=1S/C14H25N3S/c1-10(2)14-16-13(9-18-14)8-17-7-12(6-15)5-4-11(17)3/h9-12H,4-8,15H2,1-3H3. The lowest BCUT2D eigenvalue weighted by molar-refractivity contribution is 0.112. The molecule has 1 saturated heterocycles. The van der Waals surface area contributed by atoms with Crippen molar-refractivity contribution in [3.8, 4) is 0 Å². The van der Waals surface area contributed by atoms with Crippen LogP contribution in [0.5, 0.6) is 0 Å². The Labute approximate surface area is 114 Å². The first-order chi connectivity index (χ1) is 8.60. The van der Waals surface area contributed by atoms with Gasteiger partial charge in [-0.3, -0.25) is 4.90 Å². The average Bonchev–Trinajstić information content (AvgIpc) is 2.81. The Morgan fingerprint density at radius 2 is 2.28 bits per heavy atom. The van der Waals surface area contributed by atoms with Gasteiger partial charge in [-0.25, -0.2) is 4.98 Å². The summed E-state index contributed by atoms with van der Waals surface area (Å²) in [6, 6.07) is 0.664. The lowest BCUT2D eigenvalue weighted by Crippen LogP contribution is -2.43. The molecule has 0 radical (unpaired) electrons. The number of thiazole rings is 1. The third kappa shape index (κ3) is 3.31. The average molecular weight is 267 g/mol. The van der Waals surface area contributed by atoms with E-state index in [9.17, 15) is 0 Å². The summed E-state index contributed by atoms with van der Waals surface area (Å²) in [6.45, 7) is 9.67. The van der Waals surface area contributed by atoms with Crippen molar-refractivity contribution >= 4 is 11.3 Å². The second-order valence-electron chi connectivity index (χ2n) is 5.79. The first-order valence-corrected chi connectivity index (χ1v) is 7.86. The topological polar surface area (TPSA) is 42.2 Å². The van der Waals surface area contributed by atoms with Crippen LogP contribution in [0.4, 0.5) is 0 Å². The van der Waals surface area contributed by atoms with Crippen LogP contribution in [0.3, 0.4) is 0 Å². The number of aromatic nitrogens is 1. The number of rotatable bonds is 4. The summed E-state index contributed by atoms with van der Waals surface area (Å²) in [4.78, 5) is 7.28. The van der Waals surface area contributed by atoms with Crippen LogP contribution in [0, 0.1) is 5.92 Å². The van der Waals surface area contributed by atoms with E-state index in [1.807, 2.05) is 0 Å². The zero-order valence-electron chi connectivity index (χ0n) is 11.7. The van der Waals surface area contributed by atoms with Crippen LogP contribution in [0.25, 0.3) is 0 Å². The van der Waals surface area contributed by atoms with E-state index in [-0.39, 0.29) is 0 Å². The summed E-state index contributed by atoms with van der Waals surface area (Å²) in [5, 5.41) is 3.47. The molecule has 0 saturated carbocycles. The van der Waals surface area contributed by atoms with Crippen LogP contribution in [0.2, 0.25) is 0 Å². The van der Waals surface area contributed by atoms with E-state index >= 15 is 0 Å². The van der Waals surface area contributed by atoms with Crippen LogP contribution in [0.1, 0.15) is 50.2 Å². The molecular weight excluding hydrogens is 242 g/mol. The first kappa shape index (κ1) is 14.0. The molecule has 0 aromatic carbocycles. The SMILES string of the molecule is CC(C)c1nc(CN2CC(CN)CCC2C)cs1. The van der Waals surface area contributed by atoms with Gasteiger partial charge in [0.1, 0.15) is 0 Å². The molecule has 2 heterocycles. The van der Waals surface area contributed by atoms with Gasteiger partial charge < -0.3 is 5.73 Å². The molecule has 1 fully saturated rings. The molecule has 1 aliphatic heterocycles. The lowest BCUT2D eigenvalue weighted by atomic mass is 9.93. The van der Waals surface area contributed by atoms with Gasteiger partial charge in [0.15, 0.2) is 0 Å². The maximum Gasteiger partial charge on any atom is 0.0954 e. The Hall–Kier alpha value is -0.450. The quantitative estimate of drug-likeness (QED) is 0.912. The van der Waals surface area contributed by atoms with Gasteiger partial charge in [0.05, 0.1) is 10.7 Å². The van der Waals surface area contributed by atoms with E-state index in [1.54, 1.807) is 11.3 Å². The third-order valence-corrected chi connectivity index (χ3v) is 5.06. The highest BCUT2D eigenvalue weighted by Crippen LogP contribution is 2.25. The second kappa shape index (κ2) is 6.13. The van der Waals surface area contributed by atoms with E-state index in [1.165, 1.54) is 23.5 Å². The molecular formula is C14H25N3S. The molecule has 0 amide bonds. The van der Waals surface area contributed by atoms with E-state index in [2.05, 4.69) is 31.1 Å². The fraction of sp³-hybridized carbons (Fsp3) is 0.786. The Bertz CT molecular complexity index is 375. The van der Waals surface area contributed by atoms with Crippen LogP contribution < -0.4 is 5.73 Å². The summed E-state index contributed by atoms with van der Waals surface area (Å²) in [6.07, 6.45) is 2.55. The van der Waals surface area contributed by atoms with Crippen LogP contribution in [-0.4, -0.2) is 29.0 Å². The molecule has 2 N–H and O–H groups in total. The van der Waals surface area contributed by atoms with E-state index in [4.69, 9.17) is 10.7 Å². The van der Waals surface area contributed by atoms with Crippen LogP contribution in [0.15, 0.2) is 5.38 Å². The van der Waals surface area contributed by atoms with Gasteiger partial charge in [-0.1, -0.05) is 13.8 Å². The van der Waals surface area contributed by atoms with Gasteiger partial charge >= 0.3 is 0 Å². The van der Waals surface area contributed by atoms with Gasteiger partial charge in [-0.2, -0.15) is 0 Å². The van der Waals surface area contributed by atoms with Crippen LogP contribution in [-0.2, 0) is 6.54 Å². The highest BCUT2D eigenvalue weighted by Gasteiger charge is 2.25. The smallest absolute Gasteiger partial charge is 0.0954 e. The molecule has 0 spiro atoms. The van der Waals surface area contributed by atoms with Gasteiger partial charge in [0.25, 0.3) is 0 Å². The Kier molecular flexibility index (Phi) is 4.76. The largest absolute Gasteiger partial charge is 0.330 e. The molecule has 0 aliphatic carbocycles. The van der Waals surface area contributed by atoms with E-state index in [0.717, 1.165) is 19.6 Å². The van der Waals surface area contributed by atoms with Crippen molar-refractivity contribution in [2.45, 2.75) is 52.1 Å². The van der Waals surface area contributed by atoms with Crippen molar-refractivity contribution in [1.29, 1.82) is 0 Å². The minimum atomic E-state index is 0.541. The molecule has 4 heteroatoms. The predicted molar refractivity (Wildman–Crippen MR) is 77.9 cm³/mol. The lowest BCUT2D eigenvalue weighted by Gasteiger charge is -2.37.